The molecule has 2 aromatic carbocycles. The normalized spacial score (nSPS) is 26.5. The molecule has 1 heterocycles. The number of rotatable bonds is 6. The third-order valence-corrected chi connectivity index (χ3v) is 7.67. The van der Waals surface area contributed by atoms with Gasteiger partial charge >= 0.3 is 5.97 Å². The summed E-state index contributed by atoms with van der Waals surface area (Å²) in [5.41, 5.74) is 1.04. The van der Waals surface area contributed by atoms with Crippen LogP contribution < -0.4 is 5.32 Å². The average Bonchev–Trinajstić information content (AvgIpc) is 2.76. The Morgan fingerprint density at radius 3 is 2.38 bits per heavy atom. The molecule has 1 aliphatic heterocycles. The van der Waals surface area contributed by atoms with Crippen molar-refractivity contribution in [2.75, 3.05) is 0 Å². The van der Waals surface area contributed by atoms with E-state index >= 15 is 0 Å². The minimum Gasteiger partial charge on any atom is -0.481 e. The van der Waals surface area contributed by atoms with Gasteiger partial charge in [0, 0.05) is 16.0 Å². The van der Waals surface area contributed by atoms with Crippen LogP contribution in [0.15, 0.2) is 48.5 Å². The molecule has 0 unspecified atom stereocenters. The predicted octanol–water partition coefficient (Wildman–Crippen LogP) is 6.77. The molecule has 170 valence electrons. The highest BCUT2D eigenvalue weighted by molar-refractivity contribution is 6.30. The molecule has 1 saturated heterocycles. The highest BCUT2D eigenvalue weighted by Crippen LogP contribution is 2.51. The summed E-state index contributed by atoms with van der Waals surface area (Å²) in [6.45, 7) is 0. The fourth-order valence-electron chi connectivity index (χ4n) is 5.69. The van der Waals surface area contributed by atoms with Crippen LogP contribution in [0.3, 0.4) is 0 Å². The molecule has 0 spiro atoms. The zero-order chi connectivity index (χ0) is 22.7. The number of carbonyl (C=O) groups is 2. The zero-order valence-electron chi connectivity index (χ0n) is 18.0. The topological polar surface area (TPSA) is 66.4 Å². The maximum atomic E-state index is 13.6. The van der Waals surface area contributed by atoms with Crippen LogP contribution in [0.1, 0.15) is 74.5 Å². The molecule has 3 atom stereocenters. The van der Waals surface area contributed by atoms with E-state index in [2.05, 4.69) is 5.32 Å². The van der Waals surface area contributed by atoms with Crippen LogP contribution in [0.5, 0.6) is 0 Å². The van der Waals surface area contributed by atoms with Crippen LogP contribution >= 0.6 is 23.2 Å². The summed E-state index contributed by atoms with van der Waals surface area (Å²) in [4.78, 5) is 25.5. The number of hydrogen-bond acceptors (Lipinski definition) is 2. The summed E-state index contributed by atoms with van der Waals surface area (Å²) in [5, 5.41) is 14.3. The second-order valence-corrected chi connectivity index (χ2v) is 10.3. The Kier molecular flexibility index (Phi) is 7.11. The number of carboxylic acid groups (broad SMARTS) is 1. The zero-order valence-corrected chi connectivity index (χ0v) is 19.5. The SMILES string of the molecule is O=C(O)C[C@@]1(CC2CCCCC2)C[C@H](c2cccc(Cl)c2)[C@@H](c2ccc(Cl)cc2)NC1=O. The van der Waals surface area contributed by atoms with E-state index in [-0.39, 0.29) is 24.3 Å². The van der Waals surface area contributed by atoms with Crippen molar-refractivity contribution in [3.05, 3.63) is 69.7 Å². The van der Waals surface area contributed by atoms with Gasteiger partial charge in [-0.15, -0.1) is 0 Å². The van der Waals surface area contributed by atoms with E-state index in [4.69, 9.17) is 23.2 Å². The van der Waals surface area contributed by atoms with Crippen LogP contribution in [-0.2, 0) is 9.59 Å². The molecule has 1 saturated carbocycles. The lowest BCUT2D eigenvalue weighted by molar-refractivity contribution is -0.149. The van der Waals surface area contributed by atoms with E-state index in [0.29, 0.717) is 28.8 Å². The summed E-state index contributed by atoms with van der Waals surface area (Å²) in [6.07, 6.45) is 6.61. The molecule has 1 aliphatic carbocycles. The predicted molar refractivity (Wildman–Crippen MR) is 127 cm³/mol. The third kappa shape index (κ3) is 5.13. The number of carboxylic acids is 1. The van der Waals surface area contributed by atoms with Gasteiger partial charge in [0.1, 0.15) is 0 Å². The minimum absolute atomic E-state index is 0.0875. The summed E-state index contributed by atoms with van der Waals surface area (Å²) in [7, 11) is 0. The van der Waals surface area contributed by atoms with Gasteiger partial charge < -0.3 is 10.4 Å². The second-order valence-electron chi connectivity index (χ2n) is 9.43. The molecule has 32 heavy (non-hydrogen) atoms. The molecule has 2 fully saturated rings. The smallest absolute Gasteiger partial charge is 0.304 e. The van der Waals surface area contributed by atoms with Gasteiger partial charge in [-0.05, 0) is 54.2 Å². The van der Waals surface area contributed by atoms with Crippen molar-refractivity contribution in [1.29, 1.82) is 0 Å². The number of hydrogen-bond donors (Lipinski definition) is 2. The number of nitrogens with one attached hydrogen (secondary N) is 1. The number of piperidine rings is 1. The molecule has 2 aliphatic rings. The minimum atomic E-state index is -0.927. The molecule has 2 aromatic rings. The number of halogens is 2. The van der Waals surface area contributed by atoms with Crippen molar-refractivity contribution in [3.8, 4) is 0 Å². The third-order valence-electron chi connectivity index (χ3n) is 7.18. The van der Waals surface area contributed by atoms with Crippen LogP contribution in [0.4, 0.5) is 0 Å². The Hall–Kier alpha value is -2.04. The lowest BCUT2D eigenvalue weighted by Gasteiger charge is -2.46. The van der Waals surface area contributed by atoms with Crippen molar-refractivity contribution in [2.45, 2.75) is 63.3 Å². The van der Waals surface area contributed by atoms with Crippen molar-refractivity contribution in [1.82, 2.24) is 5.32 Å². The Labute approximate surface area is 199 Å². The molecule has 0 aromatic heterocycles. The van der Waals surface area contributed by atoms with E-state index in [1.807, 2.05) is 48.5 Å². The number of amides is 1. The Balaban J connectivity index is 1.73. The average molecular weight is 474 g/mol. The van der Waals surface area contributed by atoms with Crippen LogP contribution in [0.2, 0.25) is 10.0 Å². The van der Waals surface area contributed by atoms with Crippen LogP contribution in [0, 0.1) is 11.3 Å². The van der Waals surface area contributed by atoms with E-state index in [1.165, 1.54) is 6.42 Å². The maximum absolute atomic E-state index is 13.6. The van der Waals surface area contributed by atoms with Gasteiger partial charge in [0.25, 0.3) is 0 Å². The molecule has 4 nitrogen and oxygen atoms in total. The highest BCUT2D eigenvalue weighted by Gasteiger charge is 2.50. The molecule has 0 bridgehead atoms. The lowest BCUT2D eigenvalue weighted by Crippen LogP contribution is -2.52. The molecule has 6 heteroatoms. The van der Waals surface area contributed by atoms with Gasteiger partial charge in [0.05, 0.1) is 17.9 Å². The first-order valence-electron chi connectivity index (χ1n) is 11.4. The summed E-state index contributed by atoms with van der Waals surface area (Å²) in [5.74, 6) is -0.772. The van der Waals surface area contributed by atoms with Gasteiger partial charge in [0.15, 0.2) is 0 Å². The van der Waals surface area contributed by atoms with Gasteiger partial charge in [-0.2, -0.15) is 0 Å². The summed E-state index contributed by atoms with van der Waals surface area (Å²) >= 11 is 12.4. The summed E-state index contributed by atoms with van der Waals surface area (Å²) in [6, 6.07) is 14.9. The Morgan fingerprint density at radius 1 is 1.00 bits per heavy atom. The molecule has 1 amide bonds. The van der Waals surface area contributed by atoms with Gasteiger partial charge in [-0.3, -0.25) is 9.59 Å². The Morgan fingerprint density at radius 2 is 1.72 bits per heavy atom. The van der Waals surface area contributed by atoms with Crippen LogP contribution in [0.25, 0.3) is 0 Å². The first kappa shape index (κ1) is 23.1. The highest BCUT2D eigenvalue weighted by atomic mass is 35.5. The van der Waals surface area contributed by atoms with Gasteiger partial charge in [0.2, 0.25) is 5.91 Å². The van der Waals surface area contributed by atoms with Gasteiger partial charge in [-0.25, -0.2) is 0 Å². The van der Waals surface area contributed by atoms with Crippen molar-refractivity contribution < 1.29 is 14.7 Å². The van der Waals surface area contributed by atoms with E-state index < -0.39 is 11.4 Å². The maximum Gasteiger partial charge on any atom is 0.304 e. The van der Waals surface area contributed by atoms with Crippen molar-refractivity contribution >= 4 is 35.1 Å². The number of carbonyl (C=O) groups excluding carboxylic acids is 1. The first-order chi connectivity index (χ1) is 15.4. The molecule has 4 rings (SSSR count). The fourth-order valence-corrected chi connectivity index (χ4v) is 6.02. The second kappa shape index (κ2) is 9.84. The Bertz CT molecular complexity index is 971. The summed E-state index contributed by atoms with van der Waals surface area (Å²) < 4.78 is 0. The molecular weight excluding hydrogens is 445 g/mol. The first-order valence-corrected chi connectivity index (χ1v) is 12.2. The number of benzene rings is 2. The van der Waals surface area contributed by atoms with E-state index in [0.717, 1.165) is 36.8 Å². The quantitative estimate of drug-likeness (QED) is 0.486. The van der Waals surface area contributed by atoms with E-state index in [1.54, 1.807) is 0 Å². The van der Waals surface area contributed by atoms with Gasteiger partial charge in [-0.1, -0.05) is 79.6 Å². The van der Waals surface area contributed by atoms with Crippen molar-refractivity contribution in [2.24, 2.45) is 11.3 Å². The fraction of sp³-hybridized carbons (Fsp3) is 0.462. The molecule has 0 radical (unpaired) electrons. The van der Waals surface area contributed by atoms with Crippen LogP contribution in [-0.4, -0.2) is 17.0 Å². The van der Waals surface area contributed by atoms with Crippen molar-refractivity contribution in [3.63, 3.8) is 0 Å². The number of aliphatic carboxylic acids is 1. The largest absolute Gasteiger partial charge is 0.481 e. The van der Waals surface area contributed by atoms with E-state index in [9.17, 15) is 14.7 Å². The molecular formula is C26H29Cl2NO3. The monoisotopic (exact) mass is 473 g/mol. The lowest BCUT2D eigenvalue weighted by atomic mass is 9.63. The molecule has 2 N–H and O–H groups in total. The standard InChI is InChI=1S/C26H29Cl2NO3/c27-20-11-9-18(10-12-20)24-22(19-7-4-8-21(28)13-19)15-26(16-23(30)31,25(32)29-24)14-17-5-2-1-3-6-17/h4,7-13,17,22,24H,1-3,5-6,14-16H2,(H,29,32)(H,30,31)/t22-,24-,26-/m1/s1.